The molecule has 0 fully saturated rings. The standard InChI is InChI=1S/C27H27N3O3S2/c1-4-29-25-19(3)18(2)11-16-24(25)34-27(29)28-26(31)21-12-14-22(15-13-21)35(32,33)30-17-7-9-20-8-5-6-10-23(20)30/h5-6,8,10-16H,4,7,9,17H2,1-3H3. The van der Waals surface area contributed by atoms with Crippen LogP contribution in [0.15, 0.2) is 70.6 Å². The number of amides is 1. The zero-order valence-electron chi connectivity index (χ0n) is 20.0. The number of carbonyl (C=O) groups excluding carboxylic acids is 1. The van der Waals surface area contributed by atoms with E-state index in [-0.39, 0.29) is 10.8 Å². The lowest BCUT2D eigenvalue weighted by Crippen LogP contribution is -2.35. The van der Waals surface area contributed by atoms with Gasteiger partial charge in [0.1, 0.15) is 0 Å². The highest BCUT2D eigenvalue weighted by Crippen LogP contribution is 2.32. The van der Waals surface area contributed by atoms with Crippen LogP contribution in [0.25, 0.3) is 10.2 Å². The maximum absolute atomic E-state index is 13.4. The lowest BCUT2D eigenvalue weighted by Gasteiger charge is -2.30. The van der Waals surface area contributed by atoms with Crippen LogP contribution < -0.4 is 9.11 Å². The number of rotatable bonds is 4. The second kappa shape index (κ2) is 9.09. The Bertz CT molecular complexity index is 1610. The van der Waals surface area contributed by atoms with Gasteiger partial charge in [0.2, 0.25) is 0 Å². The number of hydrogen-bond donors (Lipinski definition) is 0. The molecule has 1 aliphatic heterocycles. The molecule has 6 nitrogen and oxygen atoms in total. The van der Waals surface area contributed by atoms with Crippen LogP contribution in [-0.2, 0) is 23.0 Å². The summed E-state index contributed by atoms with van der Waals surface area (Å²) in [7, 11) is -3.72. The van der Waals surface area contributed by atoms with Gasteiger partial charge >= 0.3 is 0 Å². The van der Waals surface area contributed by atoms with Gasteiger partial charge in [-0.3, -0.25) is 9.10 Å². The first-order chi connectivity index (χ1) is 16.8. The van der Waals surface area contributed by atoms with Crippen LogP contribution in [0.3, 0.4) is 0 Å². The van der Waals surface area contributed by atoms with Gasteiger partial charge in [-0.2, -0.15) is 4.99 Å². The molecule has 3 aromatic carbocycles. The van der Waals surface area contributed by atoms with E-state index in [0.717, 1.165) is 34.3 Å². The number of thiazole rings is 1. The van der Waals surface area contributed by atoms with Gasteiger partial charge in [0.05, 0.1) is 20.8 Å². The van der Waals surface area contributed by atoms with E-state index in [0.29, 0.717) is 23.5 Å². The van der Waals surface area contributed by atoms with E-state index >= 15 is 0 Å². The molecule has 180 valence electrons. The number of sulfonamides is 1. The molecule has 1 amide bonds. The smallest absolute Gasteiger partial charge is 0.279 e. The lowest BCUT2D eigenvalue weighted by atomic mass is 10.0. The second-order valence-electron chi connectivity index (χ2n) is 8.73. The summed E-state index contributed by atoms with van der Waals surface area (Å²) in [4.78, 5) is 18.2. The van der Waals surface area contributed by atoms with Gasteiger partial charge in [0.15, 0.2) is 4.80 Å². The van der Waals surface area contributed by atoms with Crippen LogP contribution in [0.5, 0.6) is 0 Å². The first kappa shape index (κ1) is 23.5. The topological polar surface area (TPSA) is 71.7 Å². The molecule has 4 aromatic rings. The zero-order chi connectivity index (χ0) is 24.7. The van der Waals surface area contributed by atoms with Gasteiger partial charge in [0.25, 0.3) is 15.9 Å². The van der Waals surface area contributed by atoms with Gasteiger partial charge in [-0.15, -0.1) is 0 Å². The molecule has 8 heteroatoms. The molecule has 2 heterocycles. The first-order valence-corrected chi connectivity index (χ1v) is 14.0. The Morgan fingerprint density at radius 1 is 1.03 bits per heavy atom. The molecule has 0 radical (unpaired) electrons. The Balaban J connectivity index is 1.48. The molecule has 35 heavy (non-hydrogen) atoms. The number of benzene rings is 3. The fourth-order valence-corrected chi connectivity index (χ4v) is 7.31. The molecule has 0 N–H and O–H groups in total. The Hall–Kier alpha value is -3.23. The number of nitrogens with zero attached hydrogens (tertiary/aromatic N) is 3. The molecule has 0 atom stereocenters. The highest BCUT2D eigenvalue weighted by atomic mass is 32.2. The number of fused-ring (bicyclic) bond motifs is 2. The molecular weight excluding hydrogens is 478 g/mol. The van der Waals surface area contributed by atoms with E-state index in [1.807, 2.05) is 31.2 Å². The minimum absolute atomic E-state index is 0.169. The van der Waals surface area contributed by atoms with E-state index in [2.05, 4.69) is 35.5 Å². The largest absolute Gasteiger partial charge is 0.316 e. The number of aryl methyl sites for hydroxylation is 4. The van der Waals surface area contributed by atoms with E-state index in [1.54, 1.807) is 12.1 Å². The van der Waals surface area contributed by atoms with Gasteiger partial charge < -0.3 is 4.57 Å². The van der Waals surface area contributed by atoms with Crippen molar-refractivity contribution in [3.63, 3.8) is 0 Å². The average molecular weight is 506 g/mol. The molecule has 0 bridgehead atoms. The summed E-state index contributed by atoms with van der Waals surface area (Å²) in [6.07, 6.45) is 1.64. The fraction of sp³-hybridized carbons (Fsp3) is 0.259. The molecular formula is C27H27N3O3S2. The Morgan fingerprint density at radius 3 is 2.51 bits per heavy atom. The zero-order valence-corrected chi connectivity index (χ0v) is 21.6. The number of anilines is 1. The van der Waals surface area contributed by atoms with Gasteiger partial charge in [0, 0.05) is 18.7 Å². The van der Waals surface area contributed by atoms with Gasteiger partial charge in [-0.05, 0) is 86.7 Å². The van der Waals surface area contributed by atoms with Crippen LogP contribution in [0.1, 0.15) is 40.4 Å². The van der Waals surface area contributed by atoms with Crippen molar-refractivity contribution in [3.05, 3.63) is 87.7 Å². The number of para-hydroxylation sites is 1. The Labute approximate surface area is 209 Å². The van der Waals surface area contributed by atoms with Crippen LogP contribution in [0.4, 0.5) is 5.69 Å². The van der Waals surface area contributed by atoms with E-state index in [9.17, 15) is 13.2 Å². The molecule has 0 spiro atoms. The van der Waals surface area contributed by atoms with Crippen LogP contribution in [-0.4, -0.2) is 25.4 Å². The molecule has 1 aromatic heterocycles. The van der Waals surface area contributed by atoms with Crippen molar-refractivity contribution in [2.45, 2.75) is 45.1 Å². The van der Waals surface area contributed by atoms with Crippen molar-refractivity contribution in [3.8, 4) is 0 Å². The maximum Gasteiger partial charge on any atom is 0.279 e. The van der Waals surface area contributed by atoms with Crippen molar-refractivity contribution in [1.82, 2.24) is 4.57 Å². The third-order valence-electron chi connectivity index (χ3n) is 6.64. The summed E-state index contributed by atoms with van der Waals surface area (Å²) in [6.45, 7) is 7.34. The van der Waals surface area contributed by atoms with Crippen molar-refractivity contribution in [2.75, 3.05) is 10.8 Å². The predicted octanol–water partition coefficient (Wildman–Crippen LogP) is 5.22. The predicted molar refractivity (Wildman–Crippen MR) is 141 cm³/mol. The molecule has 0 saturated carbocycles. The molecule has 1 aliphatic rings. The minimum atomic E-state index is -3.72. The number of carbonyl (C=O) groups is 1. The van der Waals surface area contributed by atoms with Crippen molar-refractivity contribution in [1.29, 1.82) is 0 Å². The Kier molecular flexibility index (Phi) is 6.11. The summed E-state index contributed by atoms with van der Waals surface area (Å²) >= 11 is 1.49. The molecule has 5 rings (SSSR count). The summed E-state index contributed by atoms with van der Waals surface area (Å²) in [5.74, 6) is -0.389. The molecule has 0 aliphatic carbocycles. The van der Waals surface area contributed by atoms with E-state index < -0.39 is 10.0 Å². The normalized spacial score (nSPS) is 14.4. The summed E-state index contributed by atoms with van der Waals surface area (Å²) < 4.78 is 31.4. The maximum atomic E-state index is 13.4. The summed E-state index contributed by atoms with van der Waals surface area (Å²) in [6, 6.07) is 17.9. The van der Waals surface area contributed by atoms with Crippen molar-refractivity contribution < 1.29 is 13.2 Å². The Morgan fingerprint density at radius 2 is 1.77 bits per heavy atom. The fourth-order valence-electron chi connectivity index (χ4n) is 4.62. The summed E-state index contributed by atoms with van der Waals surface area (Å²) in [5, 5.41) is 0. The lowest BCUT2D eigenvalue weighted by molar-refractivity contribution is 0.0997. The average Bonchev–Trinajstić information content (AvgIpc) is 3.23. The molecule has 0 unspecified atom stereocenters. The number of hydrogen-bond acceptors (Lipinski definition) is 4. The monoisotopic (exact) mass is 505 g/mol. The number of aromatic nitrogens is 1. The highest BCUT2D eigenvalue weighted by molar-refractivity contribution is 7.92. The van der Waals surface area contributed by atoms with Gasteiger partial charge in [-0.25, -0.2) is 8.42 Å². The van der Waals surface area contributed by atoms with Crippen LogP contribution >= 0.6 is 11.3 Å². The highest BCUT2D eigenvalue weighted by Gasteiger charge is 2.29. The second-order valence-corrected chi connectivity index (χ2v) is 11.6. The van der Waals surface area contributed by atoms with E-state index in [4.69, 9.17) is 0 Å². The van der Waals surface area contributed by atoms with Crippen LogP contribution in [0, 0.1) is 13.8 Å². The van der Waals surface area contributed by atoms with Gasteiger partial charge in [-0.1, -0.05) is 35.6 Å². The third-order valence-corrected chi connectivity index (χ3v) is 9.51. The van der Waals surface area contributed by atoms with Crippen molar-refractivity contribution >= 4 is 43.2 Å². The summed E-state index contributed by atoms with van der Waals surface area (Å²) in [5.41, 5.74) is 5.61. The van der Waals surface area contributed by atoms with E-state index in [1.165, 1.54) is 38.9 Å². The first-order valence-electron chi connectivity index (χ1n) is 11.7. The van der Waals surface area contributed by atoms with Crippen LogP contribution in [0.2, 0.25) is 0 Å². The third kappa shape index (κ3) is 4.10. The minimum Gasteiger partial charge on any atom is -0.316 e. The van der Waals surface area contributed by atoms with Crippen molar-refractivity contribution in [2.24, 2.45) is 4.99 Å². The molecule has 0 saturated heterocycles. The SMILES string of the molecule is CCn1c(=NC(=O)c2ccc(S(=O)(=O)N3CCCc4ccccc43)cc2)sc2ccc(C)c(C)c21. The quantitative estimate of drug-likeness (QED) is 0.382.